The number of nitrogens with zero attached hydrogens (tertiary/aromatic N) is 4. The van der Waals surface area contributed by atoms with Crippen LogP contribution in [0, 0.1) is 18.7 Å². The van der Waals surface area contributed by atoms with Gasteiger partial charge < -0.3 is 25.0 Å². The summed E-state index contributed by atoms with van der Waals surface area (Å²) in [6.45, 7) is 8.73. The fourth-order valence-electron chi connectivity index (χ4n) is 6.04. The summed E-state index contributed by atoms with van der Waals surface area (Å²) in [5, 5.41) is 16.7. The van der Waals surface area contributed by atoms with E-state index in [4.69, 9.17) is 4.74 Å². The number of aliphatic hydroxyl groups is 1. The first-order chi connectivity index (χ1) is 19.7. The molecule has 3 atom stereocenters. The summed E-state index contributed by atoms with van der Waals surface area (Å²) in [5.74, 6) is -0.398. The van der Waals surface area contributed by atoms with Crippen LogP contribution in [-0.4, -0.2) is 75.9 Å². The van der Waals surface area contributed by atoms with Crippen molar-refractivity contribution in [3.05, 3.63) is 51.7 Å². The number of amides is 1. The van der Waals surface area contributed by atoms with Gasteiger partial charge in [0.05, 0.1) is 36.4 Å². The number of benzene rings is 1. The molecule has 0 bridgehead atoms. The number of aliphatic hydroxyl groups excluding tert-OH is 1. The lowest BCUT2D eigenvalue weighted by Gasteiger charge is -2.33. The van der Waals surface area contributed by atoms with E-state index in [2.05, 4.69) is 43.9 Å². The van der Waals surface area contributed by atoms with Gasteiger partial charge in [-0.3, -0.25) is 14.5 Å². The third kappa shape index (κ3) is 5.98. The van der Waals surface area contributed by atoms with Gasteiger partial charge in [0.15, 0.2) is 11.2 Å². The molecule has 5 rings (SSSR count). The number of ether oxygens (including phenoxy) is 1. The van der Waals surface area contributed by atoms with Crippen LogP contribution in [0.1, 0.15) is 50.4 Å². The number of likely N-dealkylation sites (tertiary alicyclic amines) is 1. The van der Waals surface area contributed by atoms with Crippen LogP contribution >= 0.6 is 0 Å². The van der Waals surface area contributed by atoms with Crippen LogP contribution in [-0.2, 0) is 16.1 Å². The van der Waals surface area contributed by atoms with Crippen molar-refractivity contribution >= 4 is 22.8 Å². The highest BCUT2D eigenvalue weighted by Gasteiger charge is 2.28. The van der Waals surface area contributed by atoms with E-state index in [1.807, 2.05) is 13.0 Å². The number of carbonyl (C=O) groups excluding carboxylic acids is 1. The van der Waals surface area contributed by atoms with Gasteiger partial charge in [-0.2, -0.15) is 0 Å². The Morgan fingerprint density at radius 1 is 1.29 bits per heavy atom. The van der Waals surface area contributed by atoms with Crippen LogP contribution in [0.2, 0.25) is 0 Å². The van der Waals surface area contributed by atoms with Gasteiger partial charge >= 0.3 is 0 Å². The van der Waals surface area contributed by atoms with Crippen molar-refractivity contribution in [1.29, 1.82) is 0 Å². The molecule has 1 amide bonds. The molecular formula is C30H39FN6O4. The van der Waals surface area contributed by atoms with E-state index in [-0.39, 0.29) is 47.6 Å². The highest BCUT2D eigenvalue weighted by Crippen LogP contribution is 2.29. The zero-order valence-corrected chi connectivity index (χ0v) is 24.1. The normalized spacial score (nSPS) is 21.8. The van der Waals surface area contributed by atoms with Gasteiger partial charge in [0.25, 0.3) is 0 Å². The fourth-order valence-corrected chi connectivity index (χ4v) is 6.04. The molecule has 2 fully saturated rings. The number of pyridine rings is 1. The van der Waals surface area contributed by atoms with E-state index in [1.165, 1.54) is 0 Å². The Morgan fingerprint density at radius 3 is 2.83 bits per heavy atom. The van der Waals surface area contributed by atoms with Crippen molar-refractivity contribution in [2.24, 2.45) is 5.92 Å². The smallest absolute Gasteiger partial charge is 0.224 e. The molecule has 41 heavy (non-hydrogen) atoms. The summed E-state index contributed by atoms with van der Waals surface area (Å²) in [7, 11) is 1.66. The Bertz CT molecular complexity index is 1490. The molecule has 2 aliphatic heterocycles. The maximum absolute atomic E-state index is 15.1. The van der Waals surface area contributed by atoms with Gasteiger partial charge in [-0.25, -0.2) is 14.4 Å². The van der Waals surface area contributed by atoms with Crippen molar-refractivity contribution in [2.45, 2.75) is 64.8 Å². The molecule has 0 aliphatic carbocycles. The van der Waals surface area contributed by atoms with E-state index < -0.39 is 11.9 Å². The first kappa shape index (κ1) is 29.1. The predicted octanol–water partition coefficient (Wildman–Crippen LogP) is 3.01. The van der Waals surface area contributed by atoms with Crippen molar-refractivity contribution in [2.75, 3.05) is 38.7 Å². The third-order valence-electron chi connectivity index (χ3n) is 8.24. The summed E-state index contributed by atoms with van der Waals surface area (Å²) < 4.78 is 22.5. The largest absolute Gasteiger partial charge is 0.389 e. The Hall–Kier alpha value is -3.41. The van der Waals surface area contributed by atoms with Crippen molar-refractivity contribution < 1.29 is 19.0 Å². The summed E-state index contributed by atoms with van der Waals surface area (Å²) in [5.41, 5.74) is 2.85. The minimum Gasteiger partial charge on any atom is -0.389 e. The van der Waals surface area contributed by atoms with Crippen LogP contribution in [0.4, 0.5) is 10.3 Å². The molecule has 0 radical (unpaired) electrons. The molecule has 2 aromatic heterocycles. The maximum Gasteiger partial charge on any atom is 0.224 e. The number of anilines is 1. The van der Waals surface area contributed by atoms with Crippen molar-refractivity contribution in [3.63, 3.8) is 0 Å². The number of hydrogen-bond acceptors (Lipinski definition) is 8. The zero-order chi connectivity index (χ0) is 29.3. The topological polar surface area (TPSA) is 122 Å². The molecule has 0 unspecified atom stereocenters. The standard InChI is InChI=1S/C30H39FN6O4/c1-17(2)37-24-12-19(27-22(31)13-33-30(35-27)34-23-9-11-41-16-26(23)38)7-8-21(24)28(39)18(3)25(37)15-36-10-5-6-20(14-36)29(40)32-4/h7-8,12-13,17,20,23,26,38H,5-6,9-11,14-16H2,1-4H3,(H,32,40)(H,33,34,35)/t20-,23-,26-/m1/s1. The molecule has 2 aliphatic rings. The summed E-state index contributed by atoms with van der Waals surface area (Å²) >= 11 is 0. The Morgan fingerprint density at radius 2 is 2.10 bits per heavy atom. The Labute approximate surface area is 238 Å². The molecule has 1 aromatic carbocycles. The second-order valence-electron chi connectivity index (χ2n) is 11.4. The summed E-state index contributed by atoms with van der Waals surface area (Å²) in [6, 6.07) is 4.99. The Kier molecular flexibility index (Phi) is 8.67. The first-order valence-corrected chi connectivity index (χ1v) is 14.3. The van der Waals surface area contributed by atoms with Crippen LogP contribution in [0.25, 0.3) is 22.2 Å². The molecule has 2 saturated heterocycles. The third-order valence-corrected chi connectivity index (χ3v) is 8.24. The van der Waals surface area contributed by atoms with Gasteiger partial charge in [-0.15, -0.1) is 0 Å². The van der Waals surface area contributed by atoms with Gasteiger partial charge in [-0.05, 0) is 58.7 Å². The van der Waals surface area contributed by atoms with Gasteiger partial charge in [0, 0.05) is 55.0 Å². The van der Waals surface area contributed by atoms with E-state index in [1.54, 1.807) is 19.2 Å². The van der Waals surface area contributed by atoms with Crippen molar-refractivity contribution in [3.8, 4) is 11.3 Å². The monoisotopic (exact) mass is 566 g/mol. The zero-order valence-electron chi connectivity index (χ0n) is 24.1. The number of nitrogens with one attached hydrogen (secondary N) is 2. The number of hydrogen-bond donors (Lipinski definition) is 3. The van der Waals surface area contributed by atoms with E-state index >= 15 is 4.39 Å². The van der Waals surface area contributed by atoms with E-state index in [9.17, 15) is 14.7 Å². The van der Waals surface area contributed by atoms with Gasteiger partial charge in [-0.1, -0.05) is 6.07 Å². The molecule has 10 nitrogen and oxygen atoms in total. The maximum atomic E-state index is 15.1. The van der Waals surface area contributed by atoms with Crippen LogP contribution < -0.4 is 16.1 Å². The number of aromatic nitrogens is 3. The average Bonchev–Trinajstić information content (AvgIpc) is 2.97. The highest BCUT2D eigenvalue weighted by molar-refractivity contribution is 5.85. The van der Waals surface area contributed by atoms with Gasteiger partial charge in [0.1, 0.15) is 5.69 Å². The van der Waals surface area contributed by atoms with Crippen LogP contribution in [0.15, 0.2) is 29.2 Å². The first-order valence-electron chi connectivity index (χ1n) is 14.3. The summed E-state index contributed by atoms with van der Waals surface area (Å²) in [4.78, 5) is 36.7. The minimum atomic E-state index is -0.713. The van der Waals surface area contributed by atoms with E-state index in [0.29, 0.717) is 48.1 Å². The lowest BCUT2D eigenvalue weighted by molar-refractivity contribution is -0.126. The number of halogens is 1. The molecule has 3 N–H and O–H groups in total. The lowest BCUT2D eigenvalue weighted by Crippen LogP contribution is -2.42. The molecular weight excluding hydrogens is 527 g/mol. The summed E-state index contributed by atoms with van der Waals surface area (Å²) in [6.07, 6.45) is 2.75. The molecule has 4 heterocycles. The number of piperidine rings is 1. The second-order valence-corrected chi connectivity index (χ2v) is 11.4. The van der Waals surface area contributed by atoms with Crippen LogP contribution in [0.3, 0.4) is 0 Å². The van der Waals surface area contributed by atoms with Gasteiger partial charge in [0.2, 0.25) is 11.9 Å². The minimum absolute atomic E-state index is 0.0176. The SMILES string of the molecule is CNC(=O)[C@@H]1CCCN(Cc2c(C)c(=O)c3ccc(-c4nc(N[C@@H]5CCOC[C@H]5O)ncc4F)cc3n2C(C)C)C1. The quantitative estimate of drug-likeness (QED) is 0.399. The fraction of sp³-hybridized carbons (Fsp3) is 0.533. The second kappa shape index (κ2) is 12.2. The number of carbonyl (C=O) groups is 1. The number of fused-ring (bicyclic) bond motifs is 1. The highest BCUT2D eigenvalue weighted by atomic mass is 19.1. The lowest BCUT2D eigenvalue weighted by atomic mass is 9.96. The molecule has 0 saturated carbocycles. The average molecular weight is 567 g/mol. The van der Waals surface area contributed by atoms with Crippen molar-refractivity contribution in [1.82, 2.24) is 24.8 Å². The molecule has 3 aromatic rings. The molecule has 11 heteroatoms. The number of rotatable bonds is 7. The molecule has 0 spiro atoms. The van der Waals surface area contributed by atoms with E-state index in [0.717, 1.165) is 31.3 Å². The predicted molar refractivity (Wildman–Crippen MR) is 155 cm³/mol. The Balaban J connectivity index is 1.54. The van der Waals surface area contributed by atoms with Crippen LogP contribution in [0.5, 0.6) is 0 Å². The molecule has 220 valence electrons.